The Labute approximate surface area is 145 Å². The topological polar surface area (TPSA) is 63.7 Å². The van der Waals surface area contributed by atoms with E-state index in [4.69, 9.17) is 4.74 Å². The molecular weight excluding hydrogens is 318 g/mol. The number of carbonyl (C=O) groups is 3. The lowest BCUT2D eigenvalue weighted by Gasteiger charge is -2.20. The predicted molar refractivity (Wildman–Crippen MR) is 92.8 cm³/mol. The number of benzene rings is 2. The molecule has 0 spiro atoms. The SMILES string of the molecule is C[C@@H](C(=O)OC/C=C/c1ccccc1)N1C(=O)c2ccccc2C1=O. The first kappa shape index (κ1) is 16.6. The Morgan fingerprint density at radius 3 is 2.16 bits per heavy atom. The molecule has 0 bridgehead atoms. The van der Waals surface area contributed by atoms with E-state index in [-0.39, 0.29) is 6.61 Å². The lowest BCUT2D eigenvalue weighted by molar-refractivity contribution is -0.146. The summed E-state index contributed by atoms with van der Waals surface area (Å²) in [5.74, 6) is -1.55. The van der Waals surface area contributed by atoms with Crippen molar-refractivity contribution >= 4 is 23.9 Å². The monoisotopic (exact) mass is 335 g/mol. The van der Waals surface area contributed by atoms with Gasteiger partial charge in [0, 0.05) is 0 Å². The van der Waals surface area contributed by atoms with Crippen molar-refractivity contribution in [1.82, 2.24) is 4.90 Å². The number of hydrogen-bond donors (Lipinski definition) is 0. The molecule has 0 aromatic heterocycles. The van der Waals surface area contributed by atoms with Crippen LogP contribution in [0.3, 0.4) is 0 Å². The van der Waals surface area contributed by atoms with Crippen molar-refractivity contribution in [3.63, 3.8) is 0 Å². The first-order valence-corrected chi connectivity index (χ1v) is 7.94. The van der Waals surface area contributed by atoms with Gasteiger partial charge in [-0.15, -0.1) is 0 Å². The molecule has 2 amide bonds. The Hall–Kier alpha value is -3.21. The molecule has 5 nitrogen and oxygen atoms in total. The van der Waals surface area contributed by atoms with Gasteiger partial charge in [0.2, 0.25) is 0 Å². The van der Waals surface area contributed by atoms with Crippen LogP contribution in [-0.2, 0) is 9.53 Å². The lowest BCUT2D eigenvalue weighted by atomic mass is 10.1. The molecule has 2 aromatic rings. The molecule has 0 N–H and O–H groups in total. The zero-order chi connectivity index (χ0) is 17.8. The van der Waals surface area contributed by atoms with E-state index in [0.717, 1.165) is 10.5 Å². The number of esters is 1. The van der Waals surface area contributed by atoms with Gasteiger partial charge in [-0.05, 0) is 30.7 Å². The molecule has 25 heavy (non-hydrogen) atoms. The van der Waals surface area contributed by atoms with Crippen LogP contribution in [0.4, 0.5) is 0 Å². The normalized spacial score (nSPS) is 14.7. The highest BCUT2D eigenvalue weighted by atomic mass is 16.5. The van der Waals surface area contributed by atoms with Gasteiger partial charge in [0.1, 0.15) is 12.6 Å². The summed E-state index contributed by atoms with van der Waals surface area (Å²) in [6, 6.07) is 15.2. The van der Waals surface area contributed by atoms with Crippen LogP contribution in [0.2, 0.25) is 0 Å². The minimum atomic E-state index is -0.975. The van der Waals surface area contributed by atoms with Crippen LogP contribution in [0.1, 0.15) is 33.2 Å². The molecular formula is C20H17NO4. The van der Waals surface area contributed by atoms with Crippen LogP contribution in [0.25, 0.3) is 6.08 Å². The summed E-state index contributed by atoms with van der Waals surface area (Å²) in [6.45, 7) is 1.56. The van der Waals surface area contributed by atoms with Crippen molar-refractivity contribution in [3.8, 4) is 0 Å². The molecule has 1 aliphatic heterocycles. The number of fused-ring (bicyclic) bond motifs is 1. The van der Waals surface area contributed by atoms with Gasteiger partial charge in [-0.25, -0.2) is 4.79 Å². The summed E-state index contributed by atoms with van der Waals surface area (Å²) < 4.78 is 5.16. The zero-order valence-corrected chi connectivity index (χ0v) is 13.7. The van der Waals surface area contributed by atoms with E-state index < -0.39 is 23.8 Å². The number of carbonyl (C=O) groups excluding carboxylic acids is 3. The van der Waals surface area contributed by atoms with Gasteiger partial charge in [-0.3, -0.25) is 14.5 Å². The number of amides is 2. The Morgan fingerprint density at radius 1 is 1.00 bits per heavy atom. The summed E-state index contributed by atoms with van der Waals surface area (Å²) in [5, 5.41) is 0. The Morgan fingerprint density at radius 2 is 1.56 bits per heavy atom. The van der Waals surface area contributed by atoms with Crippen LogP contribution in [-0.4, -0.2) is 35.3 Å². The fourth-order valence-corrected chi connectivity index (χ4v) is 2.66. The molecule has 0 fully saturated rings. The third-order valence-corrected chi connectivity index (χ3v) is 3.99. The van der Waals surface area contributed by atoms with Crippen LogP contribution in [0, 0.1) is 0 Å². The molecule has 0 saturated carbocycles. The number of imide groups is 1. The highest BCUT2D eigenvalue weighted by Crippen LogP contribution is 2.24. The van der Waals surface area contributed by atoms with Crippen LogP contribution in [0.15, 0.2) is 60.7 Å². The molecule has 0 saturated heterocycles. The van der Waals surface area contributed by atoms with Crippen molar-refractivity contribution in [2.45, 2.75) is 13.0 Å². The van der Waals surface area contributed by atoms with Gasteiger partial charge in [0.05, 0.1) is 11.1 Å². The fourth-order valence-electron chi connectivity index (χ4n) is 2.66. The Balaban J connectivity index is 1.61. The number of ether oxygens (including phenoxy) is 1. The van der Waals surface area contributed by atoms with Crippen LogP contribution >= 0.6 is 0 Å². The predicted octanol–water partition coefficient (Wildman–Crippen LogP) is 2.93. The molecule has 2 aromatic carbocycles. The highest BCUT2D eigenvalue weighted by Gasteiger charge is 2.41. The molecule has 1 heterocycles. The van der Waals surface area contributed by atoms with E-state index >= 15 is 0 Å². The average molecular weight is 335 g/mol. The second-order valence-corrected chi connectivity index (χ2v) is 5.64. The van der Waals surface area contributed by atoms with E-state index in [1.165, 1.54) is 6.92 Å². The van der Waals surface area contributed by atoms with E-state index in [2.05, 4.69) is 0 Å². The third kappa shape index (κ3) is 3.35. The second kappa shape index (κ2) is 7.13. The fraction of sp³-hybridized carbons (Fsp3) is 0.150. The molecule has 3 rings (SSSR count). The van der Waals surface area contributed by atoms with Crippen LogP contribution < -0.4 is 0 Å². The Kier molecular flexibility index (Phi) is 4.75. The molecule has 1 atom stereocenters. The van der Waals surface area contributed by atoms with Crippen LogP contribution in [0.5, 0.6) is 0 Å². The van der Waals surface area contributed by atoms with E-state index in [0.29, 0.717) is 11.1 Å². The van der Waals surface area contributed by atoms with Crippen molar-refractivity contribution in [1.29, 1.82) is 0 Å². The molecule has 0 unspecified atom stereocenters. The van der Waals surface area contributed by atoms with Crippen molar-refractivity contribution in [3.05, 3.63) is 77.4 Å². The summed E-state index contributed by atoms with van der Waals surface area (Å²) in [5.41, 5.74) is 1.62. The second-order valence-electron chi connectivity index (χ2n) is 5.64. The molecule has 1 aliphatic rings. The maximum absolute atomic E-state index is 12.4. The highest BCUT2D eigenvalue weighted by molar-refractivity contribution is 6.22. The largest absolute Gasteiger partial charge is 0.460 e. The quantitative estimate of drug-likeness (QED) is 0.622. The molecule has 126 valence electrons. The lowest BCUT2D eigenvalue weighted by Crippen LogP contribution is -2.43. The number of rotatable bonds is 5. The molecule has 0 radical (unpaired) electrons. The number of hydrogen-bond acceptors (Lipinski definition) is 4. The first-order chi connectivity index (χ1) is 12.1. The van der Waals surface area contributed by atoms with E-state index in [9.17, 15) is 14.4 Å². The van der Waals surface area contributed by atoms with Crippen molar-refractivity contribution in [2.75, 3.05) is 6.61 Å². The minimum Gasteiger partial charge on any atom is -0.460 e. The standard InChI is InChI=1S/C20H17NO4/c1-14(20(24)25-13-7-10-15-8-3-2-4-9-15)21-18(22)16-11-5-6-12-17(16)19(21)23/h2-12,14H,13H2,1H3/b10-7+/t14-/m0/s1. The summed E-state index contributed by atoms with van der Waals surface area (Å²) >= 11 is 0. The first-order valence-electron chi connectivity index (χ1n) is 7.94. The molecule has 0 aliphatic carbocycles. The van der Waals surface area contributed by atoms with Gasteiger partial charge < -0.3 is 4.74 Å². The average Bonchev–Trinajstić information content (AvgIpc) is 2.90. The van der Waals surface area contributed by atoms with Gasteiger partial charge in [-0.2, -0.15) is 0 Å². The van der Waals surface area contributed by atoms with E-state index in [1.807, 2.05) is 36.4 Å². The summed E-state index contributed by atoms with van der Waals surface area (Å²) in [4.78, 5) is 37.8. The van der Waals surface area contributed by atoms with Crippen molar-refractivity contribution in [2.24, 2.45) is 0 Å². The smallest absolute Gasteiger partial charge is 0.329 e. The molecule has 5 heteroatoms. The van der Waals surface area contributed by atoms with Crippen molar-refractivity contribution < 1.29 is 19.1 Å². The maximum Gasteiger partial charge on any atom is 0.329 e. The number of nitrogens with zero attached hydrogens (tertiary/aromatic N) is 1. The van der Waals surface area contributed by atoms with E-state index in [1.54, 1.807) is 30.3 Å². The summed E-state index contributed by atoms with van der Waals surface area (Å²) in [7, 11) is 0. The summed E-state index contributed by atoms with van der Waals surface area (Å²) in [6.07, 6.45) is 3.54. The van der Waals surface area contributed by atoms with Gasteiger partial charge >= 0.3 is 5.97 Å². The maximum atomic E-state index is 12.4. The zero-order valence-electron chi connectivity index (χ0n) is 13.7. The Bertz CT molecular complexity index is 807. The third-order valence-electron chi connectivity index (χ3n) is 3.99. The van der Waals surface area contributed by atoms with Gasteiger partial charge in [-0.1, -0.05) is 48.5 Å². The minimum absolute atomic E-state index is 0.0707. The van der Waals surface area contributed by atoms with Gasteiger partial charge in [0.25, 0.3) is 11.8 Å². The van der Waals surface area contributed by atoms with Gasteiger partial charge in [0.15, 0.2) is 0 Å².